The van der Waals surface area contributed by atoms with Crippen LogP contribution in [0.2, 0.25) is 0 Å². The molecule has 0 bridgehead atoms. The number of nitrogens with zero attached hydrogens (tertiary/aromatic N) is 1. The van der Waals surface area contributed by atoms with Gasteiger partial charge < -0.3 is 14.6 Å². The maximum absolute atomic E-state index is 9.91. The van der Waals surface area contributed by atoms with E-state index < -0.39 is 0 Å². The molecule has 0 spiro atoms. The Balaban J connectivity index is 2.05. The summed E-state index contributed by atoms with van der Waals surface area (Å²) in [6.07, 6.45) is 5.26. The van der Waals surface area contributed by atoms with Crippen molar-refractivity contribution in [1.29, 1.82) is 0 Å². The number of hydrogen-bond acceptors (Lipinski definition) is 4. The van der Waals surface area contributed by atoms with Crippen LogP contribution >= 0.6 is 0 Å². The summed E-state index contributed by atoms with van der Waals surface area (Å²) >= 11 is 0. The molecule has 0 saturated heterocycles. The Hall–Kier alpha value is -0.160. The highest BCUT2D eigenvalue weighted by atomic mass is 16.5. The fraction of sp³-hybridized carbons (Fsp3) is 1.00. The van der Waals surface area contributed by atoms with Crippen LogP contribution in [0, 0.1) is 0 Å². The smallest absolute Gasteiger partial charge is 0.0695 e. The first-order valence-corrected chi connectivity index (χ1v) is 6.70. The monoisotopic (exact) mass is 245 g/mol. The van der Waals surface area contributed by atoms with Crippen LogP contribution < -0.4 is 0 Å². The zero-order valence-electron chi connectivity index (χ0n) is 11.2. The zero-order chi connectivity index (χ0) is 12.5. The van der Waals surface area contributed by atoms with Gasteiger partial charge in [0.1, 0.15) is 0 Å². The topological polar surface area (TPSA) is 41.9 Å². The van der Waals surface area contributed by atoms with Crippen molar-refractivity contribution < 1.29 is 14.6 Å². The van der Waals surface area contributed by atoms with Crippen LogP contribution in [0.1, 0.15) is 32.1 Å². The molecule has 2 atom stereocenters. The highest BCUT2D eigenvalue weighted by Crippen LogP contribution is 2.21. The van der Waals surface area contributed by atoms with E-state index in [1.165, 1.54) is 12.8 Å². The molecule has 17 heavy (non-hydrogen) atoms. The van der Waals surface area contributed by atoms with Gasteiger partial charge in [-0.05, 0) is 26.3 Å². The standard InChI is InChI=1S/C13H27NO3/c1-14(8-11-17-10-5-9-16-2)12-6-3-4-7-13(12)15/h12-13,15H,3-11H2,1-2H3. The Kier molecular flexibility index (Phi) is 7.77. The van der Waals surface area contributed by atoms with Crippen LogP contribution in [0.15, 0.2) is 0 Å². The summed E-state index contributed by atoms with van der Waals surface area (Å²) in [5, 5.41) is 9.91. The van der Waals surface area contributed by atoms with Crippen molar-refractivity contribution in [3.05, 3.63) is 0 Å². The maximum Gasteiger partial charge on any atom is 0.0695 e. The van der Waals surface area contributed by atoms with Gasteiger partial charge in [-0.3, -0.25) is 4.90 Å². The molecule has 1 N–H and O–H groups in total. The summed E-state index contributed by atoms with van der Waals surface area (Å²) in [4.78, 5) is 2.24. The zero-order valence-corrected chi connectivity index (χ0v) is 11.2. The predicted octanol–water partition coefficient (Wildman–Crippen LogP) is 1.27. The van der Waals surface area contributed by atoms with E-state index in [4.69, 9.17) is 9.47 Å². The Morgan fingerprint density at radius 3 is 2.65 bits per heavy atom. The lowest BCUT2D eigenvalue weighted by Gasteiger charge is -2.35. The minimum absolute atomic E-state index is 0.151. The van der Waals surface area contributed by atoms with E-state index in [1.807, 2.05) is 0 Å². The van der Waals surface area contributed by atoms with Gasteiger partial charge in [0.25, 0.3) is 0 Å². The van der Waals surface area contributed by atoms with E-state index in [-0.39, 0.29) is 6.10 Å². The van der Waals surface area contributed by atoms with Crippen molar-refractivity contribution >= 4 is 0 Å². The van der Waals surface area contributed by atoms with E-state index in [0.29, 0.717) is 6.04 Å². The van der Waals surface area contributed by atoms with E-state index in [2.05, 4.69) is 11.9 Å². The van der Waals surface area contributed by atoms with Crippen molar-refractivity contribution in [2.45, 2.75) is 44.2 Å². The summed E-state index contributed by atoms with van der Waals surface area (Å²) in [6, 6.07) is 0.325. The average Bonchev–Trinajstić information content (AvgIpc) is 2.34. The Bertz CT molecular complexity index is 190. The molecule has 102 valence electrons. The number of hydrogen-bond donors (Lipinski definition) is 1. The summed E-state index contributed by atoms with van der Waals surface area (Å²) < 4.78 is 10.5. The van der Waals surface area contributed by atoms with Gasteiger partial charge in [0, 0.05) is 32.9 Å². The van der Waals surface area contributed by atoms with Gasteiger partial charge in [0.2, 0.25) is 0 Å². The van der Waals surface area contributed by atoms with E-state index in [9.17, 15) is 5.11 Å². The van der Waals surface area contributed by atoms with E-state index in [0.717, 1.165) is 45.6 Å². The quantitative estimate of drug-likeness (QED) is 0.654. The fourth-order valence-corrected chi connectivity index (χ4v) is 2.39. The van der Waals surface area contributed by atoms with Crippen LogP contribution in [0.25, 0.3) is 0 Å². The molecular weight excluding hydrogens is 218 g/mol. The number of ether oxygens (including phenoxy) is 2. The van der Waals surface area contributed by atoms with Crippen LogP contribution in [-0.2, 0) is 9.47 Å². The molecule has 1 saturated carbocycles. The second kappa shape index (κ2) is 8.86. The lowest BCUT2D eigenvalue weighted by atomic mass is 9.92. The van der Waals surface area contributed by atoms with Crippen LogP contribution in [0.4, 0.5) is 0 Å². The number of aliphatic hydroxyl groups is 1. The third kappa shape index (κ3) is 5.82. The fourth-order valence-electron chi connectivity index (χ4n) is 2.39. The van der Waals surface area contributed by atoms with Crippen LogP contribution in [-0.4, -0.2) is 62.7 Å². The van der Waals surface area contributed by atoms with Crippen molar-refractivity contribution in [3.63, 3.8) is 0 Å². The second-order valence-corrected chi connectivity index (χ2v) is 4.86. The molecule has 0 aromatic heterocycles. The average molecular weight is 245 g/mol. The van der Waals surface area contributed by atoms with Gasteiger partial charge in [0.05, 0.1) is 12.7 Å². The summed E-state index contributed by atoms with van der Waals surface area (Å²) in [5.41, 5.74) is 0. The van der Waals surface area contributed by atoms with Crippen molar-refractivity contribution in [2.24, 2.45) is 0 Å². The predicted molar refractivity (Wildman–Crippen MR) is 68.2 cm³/mol. The Labute approximate surface area is 105 Å². The lowest BCUT2D eigenvalue weighted by Crippen LogP contribution is -2.44. The summed E-state index contributed by atoms with van der Waals surface area (Å²) in [7, 11) is 3.79. The van der Waals surface area contributed by atoms with Gasteiger partial charge >= 0.3 is 0 Å². The van der Waals surface area contributed by atoms with Crippen LogP contribution in [0.3, 0.4) is 0 Å². The molecule has 0 aliphatic heterocycles. The minimum Gasteiger partial charge on any atom is -0.391 e. The van der Waals surface area contributed by atoms with Gasteiger partial charge in [-0.25, -0.2) is 0 Å². The van der Waals surface area contributed by atoms with E-state index >= 15 is 0 Å². The van der Waals surface area contributed by atoms with Gasteiger partial charge in [-0.15, -0.1) is 0 Å². The molecule has 0 radical (unpaired) electrons. The Morgan fingerprint density at radius 1 is 1.18 bits per heavy atom. The van der Waals surface area contributed by atoms with Gasteiger partial charge in [0.15, 0.2) is 0 Å². The molecule has 1 fully saturated rings. The largest absolute Gasteiger partial charge is 0.391 e. The van der Waals surface area contributed by atoms with Crippen LogP contribution in [0.5, 0.6) is 0 Å². The molecule has 0 aromatic rings. The van der Waals surface area contributed by atoms with E-state index in [1.54, 1.807) is 7.11 Å². The molecule has 0 amide bonds. The highest BCUT2D eigenvalue weighted by molar-refractivity contribution is 4.81. The van der Waals surface area contributed by atoms with Crippen molar-refractivity contribution in [1.82, 2.24) is 4.90 Å². The first-order valence-electron chi connectivity index (χ1n) is 6.70. The van der Waals surface area contributed by atoms with Gasteiger partial charge in [-0.1, -0.05) is 12.8 Å². The van der Waals surface area contributed by atoms with Crippen molar-refractivity contribution in [3.8, 4) is 0 Å². The van der Waals surface area contributed by atoms with Crippen molar-refractivity contribution in [2.75, 3.05) is 40.5 Å². The number of likely N-dealkylation sites (N-methyl/N-ethyl adjacent to an activating group) is 1. The second-order valence-electron chi connectivity index (χ2n) is 4.86. The molecule has 0 aromatic carbocycles. The maximum atomic E-state index is 9.91. The first-order chi connectivity index (χ1) is 8.25. The molecular formula is C13H27NO3. The molecule has 4 heteroatoms. The first kappa shape index (κ1) is 14.9. The third-order valence-electron chi connectivity index (χ3n) is 3.49. The molecule has 0 heterocycles. The molecule has 1 aliphatic carbocycles. The molecule has 1 aliphatic rings. The molecule has 4 nitrogen and oxygen atoms in total. The Morgan fingerprint density at radius 2 is 1.94 bits per heavy atom. The summed E-state index contributed by atoms with van der Waals surface area (Å²) in [5.74, 6) is 0. The normalized spacial score (nSPS) is 25.4. The molecule has 2 unspecified atom stereocenters. The number of methoxy groups -OCH3 is 1. The SMILES string of the molecule is COCCCOCCN(C)C1CCCCC1O. The minimum atomic E-state index is -0.151. The summed E-state index contributed by atoms with van der Waals surface area (Å²) in [6.45, 7) is 3.16. The lowest BCUT2D eigenvalue weighted by molar-refractivity contribution is 0.0149. The van der Waals surface area contributed by atoms with Gasteiger partial charge in [-0.2, -0.15) is 0 Å². The number of rotatable bonds is 8. The highest BCUT2D eigenvalue weighted by Gasteiger charge is 2.25. The molecule has 1 rings (SSSR count). The number of aliphatic hydroxyl groups excluding tert-OH is 1. The third-order valence-corrected chi connectivity index (χ3v) is 3.49.